The van der Waals surface area contributed by atoms with Gasteiger partial charge in [-0.25, -0.2) is 9.59 Å². The van der Waals surface area contributed by atoms with Gasteiger partial charge in [0, 0.05) is 6.54 Å². The third-order valence-electron chi connectivity index (χ3n) is 2.56. The summed E-state index contributed by atoms with van der Waals surface area (Å²) in [4.78, 5) is 23.7. The molecule has 1 atom stereocenters. The van der Waals surface area contributed by atoms with Crippen molar-refractivity contribution in [3.63, 3.8) is 0 Å². The molecule has 5 nitrogen and oxygen atoms in total. The van der Waals surface area contributed by atoms with E-state index in [1.54, 1.807) is 0 Å². The zero-order valence-corrected chi connectivity index (χ0v) is 8.59. The van der Waals surface area contributed by atoms with Crippen molar-refractivity contribution in [1.29, 1.82) is 0 Å². The van der Waals surface area contributed by atoms with Crippen LogP contribution in [0, 0.1) is 0 Å². The molecule has 2 rings (SSSR count). The van der Waals surface area contributed by atoms with Crippen LogP contribution in [0.2, 0.25) is 0 Å². The van der Waals surface area contributed by atoms with E-state index >= 15 is 0 Å². The molecule has 0 saturated carbocycles. The van der Waals surface area contributed by atoms with E-state index < -0.39 is 12.0 Å². The lowest BCUT2D eigenvalue weighted by Gasteiger charge is -2.19. The van der Waals surface area contributed by atoms with Crippen LogP contribution >= 0.6 is 0 Å². The lowest BCUT2D eigenvalue weighted by atomic mass is 10.2. The van der Waals surface area contributed by atoms with Gasteiger partial charge in [-0.15, -0.1) is 0 Å². The number of carbonyl (C=O) groups is 2. The van der Waals surface area contributed by atoms with Crippen LogP contribution in [0.5, 0.6) is 0 Å². The summed E-state index contributed by atoms with van der Waals surface area (Å²) < 4.78 is 0. The molecule has 1 heterocycles. The lowest BCUT2D eigenvalue weighted by Crippen LogP contribution is -2.38. The van der Waals surface area contributed by atoms with Gasteiger partial charge in [-0.05, 0) is 5.56 Å². The minimum absolute atomic E-state index is 0. The molecule has 0 bridgehead atoms. The summed E-state index contributed by atoms with van der Waals surface area (Å²) in [5, 5.41) is 11.5. The van der Waals surface area contributed by atoms with E-state index in [4.69, 9.17) is 5.11 Å². The summed E-state index contributed by atoms with van der Waals surface area (Å²) >= 11 is 0. The van der Waals surface area contributed by atoms with Gasteiger partial charge >= 0.3 is 12.0 Å². The summed E-state index contributed by atoms with van der Waals surface area (Å²) in [6.07, 6.45) is 0. The number of benzene rings is 1. The molecule has 1 aliphatic rings. The number of hydrogen-bond donors (Lipinski definition) is 2. The van der Waals surface area contributed by atoms with Crippen LogP contribution < -0.4 is 5.32 Å². The summed E-state index contributed by atoms with van der Waals surface area (Å²) in [7, 11) is 0. The molecule has 1 saturated heterocycles. The van der Waals surface area contributed by atoms with Crippen molar-refractivity contribution < 1.29 is 14.7 Å². The zero-order chi connectivity index (χ0) is 11.5. The topological polar surface area (TPSA) is 69.6 Å². The first-order chi connectivity index (χ1) is 7.68. The third kappa shape index (κ3) is 2.75. The maximum atomic E-state index is 11.4. The molecular weight excluding hydrogens is 220 g/mol. The second kappa shape index (κ2) is 5.34. The van der Waals surface area contributed by atoms with Crippen molar-refractivity contribution in [2.45, 2.75) is 20.0 Å². The molecule has 2 N–H and O–H groups in total. The number of carboxylic acids is 1. The average molecular weight is 236 g/mol. The first-order valence-corrected chi connectivity index (χ1v) is 4.99. The van der Waals surface area contributed by atoms with Gasteiger partial charge < -0.3 is 15.3 Å². The van der Waals surface area contributed by atoms with Crippen LogP contribution in [0.15, 0.2) is 30.3 Å². The first-order valence-electron chi connectivity index (χ1n) is 4.99. The molecule has 1 fully saturated rings. The number of aliphatic carboxylic acids is 1. The largest absolute Gasteiger partial charge is 0.480 e. The van der Waals surface area contributed by atoms with Gasteiger partial charge in [-0.3, -0.25) is 0 Å². The van der Waals surface area contributed by atoms with Crippen LogP contribution in [0.3, 0.4) is 0 Å². The average Bonchev–Trinajstić information content (AvgIpc) is 2.62. The fourth-order valence-electron chi connectivity index (χ4n) is 1.72. The van der Waals surface area contributed by atoms with Gasteiger partial charge in [0.05, 0.1) is 6.54 Å². The Bertz CT molecular complexity index is 405. The number of hydrogen-bond acceptors (Lipinski definition) is 2. The second-order valence-corrected chi connectivity index (χ2v) is 3.65. The van der Waals surface area contributed by atoms with Crippen LogP contribution in [0.25, 0.3) is 0 Å². The molecule has 0 spiro atoms. The Kier molecular flexibility index (Phi) is 4.09. The summed E-state index contributed by atoms with van der Waals surface area (Å²) in [6.45, 7) is 0.491. The molecule has 2 amide bonds. The number of urea groups is 1. The maximum absolute atomic E-state index is 11.4. The highest BCUT2D eigenvalue weighted by molar-refractivity contribution is 5.86. The fourth-order valence-corrected chi connectivity index (χ4v) is 1.72. The van der Waals surface area contributed by atoms with Crippen molar-refractivity contribution >= 4 is 12.0 Å². The minimum Gasteiger partial charge on any atom is -0.480 e. The minimum atomic E-state index is -0.978. The Labute approximate surface area is 100 Å². The quantitative estimate of drug-likeness (QED) is 0.831. The predicted molar refractivity (Wildman–Crippen MR) is 63.5 cm³/mol. The summed E-state index contributed by atoms with van der Waals surface area (Å²) in [5.41, 5.74) is 0.922. The summed E-state index contributed by atoms with van der Waals surface area (Å²) in [6, 6.07) is 8.24. The molecule has 17 heavy (non-hydrogen) atoms. The second-order valence-electron chi connectivity index (χ2n) is 3.65. The maximum Gasteiger partial charge on any atom is 0.328 e. The molecule has 0 aromatic heterocycles. The van der Waals surface area contributed by atoms with Gasteiger partial charge in [0.15, 0.2) is 0 Å². The highest BCUT2D eigenvalue weighted by atomic mass is 16.4. The predicted octanol–water partition coefficient (Wildman–Crippen LogP) is 1.30. The summed E-state index contributed by atoms with van der Waals surface area (Å²) in [5.74, 6) is -0.978. The van der Waals surface area contributed by atoms with Crippen LogP contribution in [-0.4, -0.2) is 34.6 Å². The Hall–Kier alpha value is -2.04. The normalized spacial score (nSPS) is 18.5. The van der Waals surface area contributed by atoms with E-state index in [1.807, 2.05) is 30.3 Å². The molecule has 5 heteroatoms. The van der Waals surface area contributed by atoms with Gasteiger partial charge in [-0.2, -0.15) is 0 Å². The van der Waals surface area contributed by atoms with E-state index in [-0.39, 0.29) is 20.0 Å². The van der Waals surface area contributed by atoms with Gasteiger partial charge in [0.25, 0.3) is 0 Å². The van der Waals surface area contributed by atoms with Gasteiger partial charge in [-0.1, -0.05) is 37.8 Å². The molecule has 1 aromatic rings. The van der Waals surface area contributed by atoms with E-state index in [0.29, 0.717) is 6.54 Å². The highest BCUT2D eigenvalue weighted by Gasteiger charge is 2.35. The smallest absolute Gasteiger partial charge is 0.328 e. The highest BCUT2D eigenvalue weighted by Crippen LogP contribution is 2.12. The zero-order valence-electron chi connectivity index (χ0n) is 8.59. The fraction of sp³-hybridized carbons (Fsp3) is 0.333. The molecule has 0 unspecified atom stereocenters. The molecular formula is C12H16N2O3. The Morgan fingerprint density at radius 2 is 2.06 bits per heavy atom. The van der Waals surface area contributed by atoms with Crippen molar-refractivity contribution in [2.75, 3.05) is 6.54 Å². The third-order valence-corrected chi connectivity index (χ3v) is 2.56. The van der Waals surface area contributed by atoms with E-state index in [2.05, 4.69) is 5.32 Å². The van der Waals surface area contributed by atoms with Gasteiger partial charge in [0.2, 0.25) is 0 Å². The molecule has 92 valence electrons. The standard InChI is InChI=1S/C11H12N2O3.CH4/c14-10(15)9-6-12-11(16)13(9)7-8-4-2-1-3-5-8;/h1-5,9H,6-7H2,(H,12,16)(H,14,15);1H4/t9-;/m0./s1. The molecule has 0 radical (unpaired) electrons. The van der Waals surface area contributed by atoms with Crippen molar-refractivity contribution in [3.05, 3.63) is 35.9 Å². The molecule has 1 aromatic carbocycles. The first kappa shape index (κ1) is 13.0. The SMILES string of the molecule is C.O=C(O)[C@@H]1CNC(=O)N1Cc1ccccc1. The number of nitrogens with one attached hydrogen (secondary N) is 1. The number of carbonyl (C=O) groups excluding carboxylic acids is 1. The molecule has 1 aliphatic heterocycles. The number of nitrogens with zero attached hydrogens (tertiary/aromatic N) is 1. The van der Waals surface area contributed by atoms with Crippen LogP contribution in [-0.2, 0) is 11.3 Å². The Morgan fingerprint density at radius 3 is 2.65 bits per heavy atom. The van der Waals surface area contributed by atoms with Crippen molar-refractivity contribution in [2.24, 2.45) is 0 Å². The lowest BCUT2D eigenvalue weighted by molar-refractivity contribution is -0.141. The number of rotatable bonds is 3. The van der Waals surface area contributed by atoms with E-state index in [0.717, 1.165) is 5.56 Å². The van der Waals surface area contributed by atoms with E-state index in [9.17, 15) is 9.59 Å². The number of amides is 2. The Morgan fingerprint density at radius 1 is 1.41 bits per heavy atom. The van der Waals surface area contributed by atoms with Crippen LogP contribution in [0.4, 0.5) is 4.79 Å². The molecule has 0 aliphatic carbocycles. The van der Waals surface area contributed by atoms with Crippen LogP contribution in [0.1, 0.15) is 13.0 Å². The van der Waals surface area contributed by atoms with Crippen molar-refractivity contribution in [3.8, 4) is 0 Å². The Balaban J connectivity index is 0.00000144. The van der Waals surface area contributed by atoms with E-state index in [1.165, 1.54) is 4.90 Å². The van der Waals surface area contributed by atoms with Crippen molar-refractivity contribution in [1.82, 2.24) is 10.2 Å². The van der Waals surface area contributed by atoms with Gasteiger partial charge in [0.1, 0.15) is 6.04 Å². The number of carboxylic acid groups (broad SMARTS) is 1. The monoisotopic (exact) mass is 236 g/mol.